The number of ether oxygens (including phenoxy) is 1. The summed E-state index contributed by atoms with van der Waals surface area (Å²) in [6.45, 7) is 5.49. The van der Waals surface area contributed by atoms with Crippen molar-refractivity contribution in [1.29, 1.82) is 0 Å². The Kier molecular flexibility index (Phi) is 16.1. The molecule has 0 spiro atoms. The van der Waals surface area contributed by atoms with Gasteiger partial charge in [-0.15, -0.1) is 0 Å². The van der Waals surface area contributed by atoms with Gasteiger partial charge in [0.05, 0.1) is 0 Å². The highest BCUT2D eigenvalue weighted by molar-refractivity contribution is 7.46. The molecule has 154 valence electrons. The summed E-state index contributed by atoms with van der Waals surface area (Å²) in [6.07, 6.45) is 15.7. The van der Waals surface area contributed by atoms with E-state index >= 15 is 0 Å². The monoisotopic (exact) mass is 392 g/mol. The van der Waals surface area contributed by atoms with Crippen molar-refractivity contribution in [3.63, 3.8) is 0 Å². The summed E-state index contributed by atoms with van der Waals surface area (Å²) in [7, 11) is -4.69. The Morgan fingerprint density at radius 2 is 1.35 bits per heavy atom. The van der Waals surface area contributed by atoms with Gasteiger partial charge in [-0.05, 0) is 6.42 Å². The van der Waals surface area contributed by atoms with Gasteiger partial charge in [-0.25, -0.2) is 13.9 Å². The SMILES string of the molecule is C=CC(=O)OC(CCCCCCCCCCCCCCC)OP(=O)(O)O. The minimum Gasteiger partial charge on any atom is -0.432 e. The molecule has 0 radical (unpaired) electrons. The topological polar surface area (TPSA) is 93.1 Å². The molecule has 0 aromatic rings. The number of phosphoric ester groups is 1. The molecular weight excluding hydrogens is 355 g/mol. The lowest BCUT2D eigenvalue weighted by molar-refractivity contribution is -0.160. The largest absolute Gasteiger partial charge is 0.472 e. The van der Waals surface area contributed by atoms with Crippen molar-refractivity contribution in [3.8, 4) is 0 Å². The molecule has 0 fully saturated rings. The van der Waals surface area contributed by atoms with Crippen LogP contribution in [0, 0.1) is 0 Å². The number of hydrogen-bond acceptors (Lipinski definition) is 4. The average Bonchev–Trinajstić information content (AvgIpc) is 2.57. The van der Waals surface area contributed by atoms with Gasteiger partial charge in [-0.3, -0.25) is 0 Å². The van der Waals surface area contributed by atoms with E-state index in [9.17, 15) is 9.36 Å². The third-order valence-electron chi connectivity index (χ3n) is 4.21. The first kappa shape index (κ1) is 25.3. The summed E-state index contributed by atoms with van der Waals surface area (Å²) < 4.78 is 20.2. The third-order valence-corrected chi connectivity index (χ3v) is 4.72. The van der Waals surface area contributed by atoms with E-state index in [1.807, 2.05) is 0 Å². The van der Waals surface area contributed by atoms with E-state index in [1.165, 1.54) is 57.8 Å². The van der Waals surface area contributed by atoms with Crippen LogP contribution in [0.1, 0.15) is 96.8 Å². The van der Waals surface area contributed by atoms with Crippen molar-refractivity contribution in [3.05, 3.63) is 12.7 Å². The van der Waals surface area contributed by atoms with Crippen LogP contribution < -0.4 is 0 Å². The van der Waals surface area contributed by atoms with Crippen LogP contribution in [0.4, 0.5) is 0 Å². The van der Waals surface area contributed by atoms with Gasteiger partial charge in [0, 0.05) is 12.5 Å². The summed E-state index contributed by atoms with van der Waals surface area (Å²) in [6, 6.07) is 0. The lowest BCUT2D eigenvalue weighted by Gasteiger charge is -2.17. The van der Waals surface area contributed by atoms with Crippen LogP contribution in [-0.2, 0) is 18.6 Å². The second kappa shape index (κ2) is 16.5. The fourth-order valence-electron chi connectivity index (χ4n) is 2.79. The van der Waals surface area contributed by atoms with Crippen molar-refractivity contribution >= 4 is 13.8 Å². The molecule has 6 nitrogen and oxygen atoms in total. The molecule has 0 bridgehead atoms. The molecule has 0 aliphatic rings. The van der Waals surface area contributed by atoms with Crippen molar-refractivity contribution < 1.29 is 28.4 Å². The summed E-state index contributed by atoms with van der Waals surface area (Å²) in [4.78, 5) is 28.9. The highest BCUT2D eigenvalue weighted by atomic mass is 31.2. The smallest absolute Gasteiger partial charge is 0.432 e. The Bertz CT molecular complexity index is 407. The van der Waals surface area contributed by atoms with Crippen LogP contribution in [0.5, 0.6) is 0 Å². The van der Waals surface area contributed by atoms with Gasteiger partial charge in [-0.1, -0.05) is 90.6 Å². The lowest BCUT2D eigenvalue weighted by Crippen LogP contribution is -2.19. The molecule has 7 heteroatoms. The van der Waals surface area contributed by atoms with Crippen LogP contribution in [0.15, 0.2) is 12.7 Å². The quantitative estimate of drug-likeness (QED) is 0.103. The van der Waals surface area contributed by atoms with Crippen molar-refractivity contribution in [1.82, 2.24) is 0 Å². The maximum absolute atomic E-state index is 11.2. The zero-order valence-corrected chi connectivity index (χ0v) is 17.1. The van der Waals surface area contributed by atoms with Crippen molar-refractivity contribution in [2.45, 2.75) is 103 Å². The molecule has 0 rings (SSSR count). The molecule has 26 heavy (non-hydrogen) atoms. The first-order valence-corrected chi connectivity index (χ1v) is 11.5. The van der Waals surface area contributed by atoms with Crippen molar-refractivity contribution in [2.24, 2.45) is 0 Å². The Balaban J connectivity index is 3.61. The molecule has 1 unspecified atom stereocenters. The normalized spacial score (nSPS) is 12.7. The molecule has 0 saturated carbocycles. The minimum absolute atomic E-state index is 0.266. The van der Waals surface area contributed by atoms with Crippen LogP contribution >= 0.6 is 7.82 Å². The van der Waals surface area contributed by atoms with E-state index in [2.05, 4.69) is 18.0 Å². The van der Waals surface area contributed by atoms with Gasteiger partial charge < -0.3 is 14.5 Å². The number of hydrogen-bond donors (Lipinski definition) is 2. The molecular formula is C19H37O6P. The number of unbranched alkanes of at least 4 members (excludes halogenated alkanes) is 12. The van der Waals surface area contributed by atoms with Gasteiger partial charge in [-0.2, -0.15) is 0 Å². The van der Waals surface area contributed by atoms with Gasteiger partial charge in [0.1, 0.15) is 0 Å². The standard InChI is InChI=1S/C19H37O6P/c1-3-5-6-7-8-9-10-11-12-13-14-15-16-17-19(24-18(20)4-2)25-26(21,22)23/h4,19H,2-3,5-17H2,1H3,(H2,21,22,23). The molecule has 0 aliphatic carbocycles. The predicted molar refractivity (Wildman–Crippen MR) is 104 cm³/mol. The van der Waals surface area contributed by atoms with Gasteiger partial charge in [0.25, 0.3) is 0 Å². The zero-order valence-electron chi connectivity index (χ0n) is 16.2. The summed E-state index contributed by atoms with van der Waals surface area (Å²) in [5.41, 5.74) is 0. The number of carbonyl (C=O) groups is 1. The molecule has 0 aromatic heterocycles. The molecule has 1 atom stereocenters. The molecule has 0 heterocycles. The number of rotatable bonds is 18. The maximum atomic E-state index is 11.2. The van der Waals surface area contributed by atoms with Gasteiger partial charge in [0.15, 0.2) is 0 Å². The zero-order chi connectivity index (χ0) is 19.7. The van der Waals surface area contributed by atoms with Gasteiger partial charge in [0.2, 0.25) is 6.29 Å². The van der Waals surface area contributed by atoms with Crippen LogP contribution in [0.2, 0.25) is 0 Å². The van der Waals surface area contributed by atoms with E-state index in [0.717, 1.165) is 25.3 Å². The van der Waals surface area contributed by atoms with E-state index < -0.39 is 20.1 Å². The summed E-state index contributed by atoms with van der Waals surface area (Å²) in [5, 5.41) is 0. The Labute approximate surface area is 158 Å². The second-order valence-electron chi connectivity index (χ2n) is 6.70. The fraction of sp³-hybridized carbons (Fsp3) is 0.842. The van der Waals surface area contributed by atoms with Crippen molar-refractivity contribution in [2.75, 3.05) is 0 Å². The minimum atomic E-state index is -4.69. The summed E-state index contributed by atoms with van der Waals surface area (Å²) in [5.74, 6) is -0.752. The molecule has 0 aromatic carbocycles. The first-order valence-electron chi connectivity index (χ1n) is 9.96. The van der Waals surface area contributed by atoms with E-state index in [1.54, 1.807) is 0 Å². The fourth-order valence-corrected chi connectivity index (χ4v) is 3.25. The second-order valence-corrected chi connectivity index (χ2v) is 7.89. The van der Waals surface area contributed by atoms with Crippen LogP contribution in [0.3, 0.4) is 0 Å². The molecule has 0 amide bonds. The van der Waals surface area contributed by atoms with E-state index in [0.29, 0.717) is 6.42 Å². The Morgan fingerprint density at radius 1 is 0.923 bits per heavy atom. The molecule has 2 N–H and O–H groups in total. The highest BCUT2D eigenvalue weighted by Crippen LogP contribution is 2.38. The number of phosphoric acid groups is 1. The Hall–Kier alpha value is -0.680. The molecule has 0 aliphatic heterocycles. The summed E-state index contributed by atoms with van der Waals surface area (Å²) >= 11 is 0. The van der Waals surface area contributed by atoms with E-state index in [4.69, 9.17) is 14.5 Å². The Morgan fingerprint density at radius 3 is 1.73 bits per heavy atom. The maximum Gasteiger partial charge on any atom is 0.472 e. The average molecular weight is 392 g/mol. The third kappa shape index (κ3) is 18.1. The van der Waals surface area contributed by atoms with E-state index in [-0.39, 0.29) is 6.42 Å². The predicted octanol–water partition coefficient (Wildman–Crippen LogP) is 5.63. The van der Waals surface area contributed by atoms with Crippen LogP contribution in [0.25, 0.3) is 0 Å². The number of carbonyl (C=O) groups excluding carboxylic acids is 1. The number of esters is 1. The molecule has 0 saturated heterocycles. The first-order chi connectivity index (χ1) is 12.4. The lowest BCUT2D eigenvalue weighted by atomic mass is 10.0. The highest BCUT2D eigenvalue weighted by Gasteiger charge is 2.24. The van der Waals surface area contributed by atoms with Gasteiger partial charge >= 0.3 is 13.8 Å². The van der Waals surface area contributed by atoms with Crippen LogP contribution in [-0.4, -0.2) is 22.0 Å².